The molecule has 3 rings (SSSR count). The second-order valence-corrected chi connectivity index (χ2v) is 4.78. The number of benzene rings is 1. The molecule has 2 heterocycles. The third-order valence-corrected chi connectivity index (χ3v) is 3.21. The first-order valence-electron chi connectivity index (χ1n) is 6.66. The first kappa shape index (κ1) is 13.8. The van der Waals surface area contributed by atoms with E-state index in [9.17, 15) is 4.79 Å². The minimum atomic E-state index is -0.369. The van der Waals surface area contributed by atoms with Crippen LogP contribution in [0.25, 0.3) is 22.3 Å². The average molecular weight is 291 g/mol. The highest BCUT2D eigenvalue weighted by Gasteiger charge is 2.10. The van der Waals surface area contributed by atoms with Crippen LogP contribution >= 0.6 is 0 Å². The highest BCUT2D eigenvalue weighted by Crippen LogP contribution is 2.31. The van der Waals surface area contributed by atoms with Crippen molar-refractivity contribution in [2.24, 2.45) is 5.73 Å². The zero-order valence-corrected chi connectivity index (χ0v) is 11.7. The molecule has 2 N–H and O–H groups in total. The number of nitrogens with two attached hydrogens (primary N) is 1. The van der Waals surface area contributed by atoms with Gasteiger partial charge in [-0.15, -0.1) is 0 Å². The summed E-state index contributed by atoms with van der Waals surface area (Å²) >= 11 is 0. The Balaban J connectivity index is 2.15. The molecule has 2 aromatic heterocycles. The van der Waals surface area contributed by atoms with Gasteiger partial charge in [-0.2, -0.15) is 0 Å². The number of nitrogens with zero attached hydrogens (tertiary/aromatic N) is 4. The molecule has 0 atom stereocenters. The van der Waals surface area contributed by atoms with Crippen LogP contribution in [0.1, 0.15) is 5.56 Å². The van der Waals surface area contributed by atoms with Crippen molar-refractivity contribution in [2.45, 2.75) is 6.42 Å². The zero-order chi connectivity index (χ0) is 15.4. The molecule has 0 radical (unpaired) electrons. The molecule has 0 aliphatic rings. The van der Waals surface area contributed by atoms with Gasteiger partial charge in [0.25, 0.3) is 0 Å². The predicted molar refractivity (Wildman–Crippen MR) is 81.4 cm³/mol. The lowest BCUT2D eigenvalue weighted by Gasteiger charge is -2.11. The van der Waals surface area contributed by atoms with E-state index in [4.69, 9.17) is 5.73 Å². The summed E-state index contributed by atoms with van der Waals surface area (Å²) in [6.07, 6.45) is 10.1. The molecule has 0 aliphatic carbocycles. The Labute approximate surface area is 127 Å². The lowest BCUT2D eigenvalue weighted by molar-refractivity contribution is -0.117. The van der Waals surface area contributed by atoms with E-state index in [0.717, 1.165) is 27.8 Å². The minimum absolute atomic E-state index is 0.187. The number of rotatable bonds is 4. The van der Waals surface area contributed by atoms with Gasteiger partial charge in [-0.1, -0.05) is 12.1 Å². The number of primary amides is 1. The van der Waals surface area contributed by atoms with Gasteiger partial charge in [0.1, 0.15) is 12.7 Å². The summed E-state index contributed by atoms with van der Waals surface area (Å²) in [6.45, 7) is 0. The van der Waals surface area contributed by atoms with Crippen LogP contribution in [0.2, 0.25) is 0 Å². The highest BCUT2D eigenvalue weighted by molar-refractivity contribution is 5.84. The van der Waals surface area contributed by atoms with Gasteiger partial charge in [0, 0.05) is 35.9 Å². The van der Waals surface area contributed by atoms with Crippen LogP contribution in [0, 0.1) is 0 Å². The molecule has 3 aromatic rings. The summed E-state index contributed by atoms with van der Waals surface area (Å²) in [5.74, 6) is -0.369. The fourth-order valence-corrected chi connectivity index (χ4v) is 2.27. The number of hydrogen-bond donors (Lipinski definition) is 1. The van der Waals surface area contributed by atoms with Gasteiger partial charge >= 0.3 is 0 Å². The van der Waals surface area contributed by atoms with Crippen molar-refractivity contribution in [3.05, 3.63) is 61.2 Å². The number of carbonyl (C=O) groups excluding carboxylic acids is 1. The molecular formula is C16H13N5O. The topological polar surface area (TPSA) is 94.7 Å². The van der Waals surface area contributed by atoms with E-state index in [0.29, 0.717) is 0 Å². The monoisotopic (exact) mass is 291 g/mol. The lowest BCUT2D eigenvalue weighted by Crippen LogP contribution is -2.13. The summed E-state index contributed by atoms with van der Waals surface area (Å²) in [7, 11) is 0. The molecule has 0 bridgehead atoms. The van der Waals surface area contributed by atoms with E-state index in [1.807, 2.05) is 18.2 Å². The molecule has 0 fully saturated rings. The van der Waals surface area contributed by atoms with Crippen LogP contribution in [0.15, 0.2) is 55.6 Å². The fraction of sp³-hybridized carbons (Fsp3) is 0.0625. The van der Waals surface area contributed by atoms with E-state index >= 15 is 0 Å². The second-order valence-electron chi connectivity index (χ2n) is 4.78. The first-order valence-corrected chi connectivity index (χ1v) is 6.66. The Bertz CT molecular complexity index is 790. The highest BCUT2D eigenvalue weighted by atomic mass is 16.1. The summed E-state index contributed by atoms with van der Waals surface area (Å²) < 4.78 is 0. The van der Waals surface area contributed by atoms with Crippen molar-refractivity contribution in [3.63, 3.8) is 0 Å². The maximum atomic E-state index is 11.1. The molecule has 0 unspecified atom stereocenters. The lowest BCUT2D eigenvalue weighted by atomic mass is 9.94. The van der Waals surface area contributed by atoms with Crippen LogP contribution in [-0.4, -0.2) is 25.8 Å². The summed E-state index contributed by atoms with van der Waals surface area (Å²) in [5.41, 5.74) is 9.71. The Kier molecular flexibility index (Phi) is 3.82. The van der Waals surface area contributed by atoms with Gasteiger partial charge in [0.15, 0.2) is 0 Å². The van der Waals surface area contributed by atoms with Crippen LogP contribution < -0.4 is 5.73 Å². The van der Waals surface area contributed by atoms with Gasteiger partial charge in [0.05, 0.1) is 6.42 Å². The smallest absolute Gasteiger partial charge is 0.221 e. The molecule has 0 saturated carbocycles. The standard InChI is InChI=1S/C16H13N5O/c17-16(22)4-11-1-2-14(12-5-18-9-19-6-12)15(3-11)13-7-20-10-21-8-13/h1-3,5-10H,4H2,(H2,17,22). The van der Waals surface area contributed by atoms with Gasteiger partial charge in [-0.3, -0.25) is 4.79 Å². The van der Waals surface area contributed by atoms with Crippen molar-refractivity contribution in [3.8, 4) is 22.3 Å². The number of carbonyl (C=O) groups is 1. The average Bonchev–Trinajstić information content (AvgIpc) is 2.56. The van der Waals surface area contributed by atoms with Gasteiger partial charge in [-0.05, 0) is 22.8 Å². The molecule has 108 valence electrons. The number of hydrogen-bond acceptors (Lipinski definition) is 5. The van der Waals surface area contributed by atoms with Gasteiger partial charge in [-0.25, -0.2) is 19.9 Å². The van der Waals surface area contributed by atoms with Crippen LogP contribution in [0.5, 0.6) is 0 Å². The molecule has 0 aliphatic heterocycles. The third kappa shape index (κ3) is 2.95. The normalized spacial score (nSPS) is 10.4. The predicted octanol–water partition coefficient (Wildman–Crippen LogP) is 1.63. The van der Waals surface area contributed by atoms with Crippen LogP contribution in [0.4, 0.5) is 0 Å². The van der Waals surface area contributed by atoms with E-state index < -0.39 is 0 Å². The van der Waals surface area contributed by atoms with E-state index in [2.05, 4.69) is 19.9 Å². The first-order chi connectivity index (χ1) is 10.7. The van der Waals surface area contributed by atoms with Crippen molar-refractivity contribution >= 4 is 5.91 Å². The minimum Gasteiger partial charge on any atom is -0.369 e. The fourth-order valence-electron chi connectivity index (χ4n) is 2.27. The van der Waals surface area contributed by atoms with E-state index in [1.165, 1.54) is 12.7 Å². The van der Waals surface area contributed by atoms with E-state index in [1.54, 1.807) is 24.8 Å². The van der Waals surface area contributed by atoms with Crippen molar-refractivity contribution < 1.29 is 4.79 Å². The summed E-state index contributed by atoms with van der Waals surface area (Å²) in [6, 6.07) is 5.73. The molecule has 6 heteroatoms. The van der Waals surface area contributed by atoms with Crippen molar-refractivity contribution in [1.29, 1.82) is 0 Å². The Morgan fingerprint density at radius 2 is 1.41 bits per heavy atom. The summed E-state index contributed by atoms with van der Waals surface area (Å²) in [4.78, 5) is 27.4. The van der Waals surface area contributed by atoms with Gasteiger partial charge < -0.3 is 5.73 Å². The van der Waals surface area contributed by atoms with Crippen LogP contribution in [-0.2, 0) is 11.2 Å². The Morgan fingerprint density at radius 3 is 1.95 bits per heavy atom. The van der Waals surface area contributed by atoms with Crippen molar-refractivity contribution in [2.75, 3.05) is 0 Å². The molecule has 1 amide bonds. The molecule has 0 saturated heterocycles. The SMILES string of the molecule is NC(=O)Cc1ccc(-c2cncnc2)c(-c2cncnc2)c1. The maximum Gasteiger partial charge on any atom is 0.221 e. The van der Waals surface area contributed by atoms with Gasteiger partial charge in [0.2, 0.25) is 5.91 Å². The summed E-state index contributed by atoms with van der Waals surface area (Å²) in [5, 5.41) is 0. The molecule has 1 aromatic carbocycles. The quantitative estimate of drug-likeness (QED) is 0.788. The molecular weight excluding hydrogens is 278 g/mol. The zero-order valence-electron chi connectivity index (χ0n) is 11.7. The van der Waals surface area contributed by atoms with E-state index in [-0.39, 0.29) is 12.3 Å². The molecule has 6 nitrogen and oxygen atoms in total. The largest absolute Gasteiger partial charge is 0.369 e. The van der Waals surface area contributed by atoms with Crippen LogP contribution in [0.3, 0.4) is 0 Å². The molecule has 22 heavy (non-hydrogen) atoms. The Hall–Kier alpha value is -3.15. The third-order valence-electron chi connectivity index (χ3n) is 3.21. The molecule has 0 spiro atoms. The number of amides is 1. The maximum absolute atomic E-state index is 11.1. The second kappa shape index (κ2) is 6.09. The van der Waals surface area contributed by atoms with Crippen molar-refractivity contribution in [1.82, 2.24) is 19.9 Å². The Morgan fingerprint density at radius 1 is 0.864 bits per heavy atom. The number of aromatic nitrogens is 4.